The van der Waals surface area contributed by atoms with Crippen molar-refractivity contribution in [1.82, 2.24) is 0 Å². The minimum Gasteiger partial charge on any atom is -0.481 e. The number of carboxylic acid groups (broad SMARTS) is 2. The van der Waals surface area contributed by atoms with Crippen molar-refractivity contribution in [1.29, 1.82) is 0 Å². The molecule has 0 saturated heterocycles. The molecule has 0 aliphatic heterocycles. The first kappa shape index (κ1) is 17.5. The Kier molecular flexibility index (Phi) is 4.59. The fourth-order valence-corrected chi connectivity index (χ4v) is 2.75. The molecule has 2 atom stereocenters. The van der Waals surface area contributed by atoms with Gasteiger partial charge in [-0.2, -0.15) is 0 Å². The average molecular weight is 330 g/mol. The molecule has 1 aliphatic carbocycles. The Morgan fingerprint density at radius 1 is 1.12 bits per heavy atom. The lowest BCUT2D eigenvalue weighted by Crippen LogP contribution is -2.39. The Morgan fingerprint density at radius 2 is 1.71 bits per heavy atom. The summed E-state index contributed by atoms with van der Waals surface area (Å²) in [6.45, 7) is 4.13. The highest BCUT2D eigenvalue weighted by Gasteiger charge is 2.47. The summed E-state index contributed by atoms with van der Waals surface area (Å²) < 4.78 is 5.17. The first-order chi connectivity index (χ1) is 11.2. The summed E-state index contributed by atoms with van der Waals surface area (Å²) >= 11 is 0. The molecule has 1 aliphatic rings. The van der Waals surface area contributed by atoms with Crippen LogP contribution in [-0.2, 0) is 19.1 Å². The lowest BCUT2D eigenvalue weighted by atomic mass is 9.68. The lowest BCUT2D eigenvalue weighted by molar-refractivity contribution is -0.147. The number of esters is 1. The maximum Gasteiger partial charge on any atom is 0.335 e. The van der Waals surface area contributed by atoms with Crippen LogP contribution in [0.1, 0.15) is 26.3 Å². The van der Waals surface area contributed by atoms with E-state index in [0.29, 0.717) is 5.56 Å². The zero-order chi connectivity index (χ0) is 18.1. The van der Waals surface area contributed by atoms with Crippen molar-refractivity contribution in [3.05, 3.63) is 53.3 Å². The van der Waals surface area contributed by atoms with E-state index in [-0.39, 0.29) is 16.9 Å². The maximum absolute atomic E-state index is 11.8. The summed E-state index contributed by atoms with van der Waals surface area (Å²) in [4.78, 5) is 35.0. The molecule has 6 nitrogen and oxygen atoms in total. The van der Waals surface area contributed by atoms with Crippen LogP contribution in [0.2, 0.25) is 0 Å². The minimum atomic E-state index is -1.44. The fraction of sp³-hybridized carbons (Fsp3) is 0.278. The maximum atomic E-state index is 11.8. The molecule has 0 fully saturated rings. The Hall–Kier alpha value is -2.89. The molecule has 0 aromatic heterocycles. The summed E-state index contributed by atoms with van der Waals surface area (Å²) in [5, 5.41) is 19.2. The van der Waals surface area contributed by atoms with E-state index in [1.54, 1.807) is 30.3 Å². The second-order valence-corrected chi connectivity index (χ2v) is 5.88. The molecule has 126 valence electrons. The van der Waals surface area contributed by atoms with Gasteiger partial charge in [0.05, 0.1) is 11.0 Å². The molecule has 0 amide bonds. The highest BCUT2D eigenvalue weighted by molar-refractivity contribution is 5.99. The third kappa shape index (κ3) is 2.95. The highest BCUT2D eigenvalue weighted by Crippen LogP contribution is 2.46. The van der Waals surface area contributed by atoms with E-state index in [2.05, 4.69) is 0 Å². The van der Waals surface area contributed by atoms with E-state index in [9.17, 15) is 24.6 Å². The van der Waals surface area contributed by atoms with Gasteiger partial charge in [-0.1, -0.05) is 43.3 Å². The summed E-state index contributed by atoms with van der Waals surface area (Å²) in [5.41, 5.74) is -0.808. The van der Waals surface area contributed by atoms with Gasteiger partial charge in [0.1, 0.15) is 5.76 Å². The topological polar surface area (TPSA) is 101 Å². The normalized spacial score (nSPS) is 23.5. The van der Waals surface area contributed by atoms with Gasteiger partial charge in [-0.25, -0.2) is 4.79 Å². The predicted molar refractivity (Wildman–Crippen MR) is 85.8 cm³/mol. The number of allylic oxidation sites excluding steroid dienone is 1. The van der Waals surface area contributed by atoms with Gasteiger partial charge < -0.3 is 14.9 Å². The van der Waals surface area contributed by atoms with Gasteiger partial charge in [-0.05, 0) is 12.5 Å². The molecule has 6 heteroatoms. The molecule has 1 aromatic rings. The van der Waals surface area contributed by atoms with Crippen molar-refractivity contribution < 1.29 is 29.3 Å². The van der Waals surface area contributed by atoms with Gasteiger partial charge in [0.15, 0.2) is 0 Å². The van der Waals surface area contributed by atoms with E-state index >= 15 is 0 Å². The zero-order valence-electron chi connectivity index (χ0n) is 13.6. The van der Waals surface area contributed by atoms with Gasteiger partial charge in [-0.3, -0.25) is 9.59 Å². The molecule has 0 radical (unpaired) electrons. The van der Waals surface area contributed by atoms with Crippen LogP contribution >= 0.6 is 0 Å². The largest absolute Gasteiger partial charge is 0.481 e. The van der Waals surface area contributed by atoms with E-state index in [0.717, 1.165) is 0 Å². The lowest BCUT2D eigenvalue weighted by Gasteiger charge is -2.35. The summed E-state index contributed by atoms with van der Waals surface area (Å²) in [6.07, 6.45) is 1.46. The summed E-state index contributed by atoms with van der Waals surface area (Å²) in [5.74, 6) is -4.12. The number of carbonyl (C=O) groups is 3. The van der Waals surface area contributed by atoms with Crippen molar-refractivity contribution in [2.45, 2.75) is 20.8 Å². The molecular formula is C18H18O6. The number of carbonyl (C=O) groups excluding carboxylic acids is 1. The Bertz CT molecular complexity index is 759. The van der Waals surface area contributed by atoms with Gasteiger partial charge in [0.2, 0.25) is 0 Å². The van der Waals surface area contributed by atoms with Gasteiger partial charge in [0, 0.05) is 18.4 Å². The number of hydrogen-bond acceptors (Lipinski definition) is 4. The van der Waals surface area contributed by atoms with Crippen molar-refractivity contribution >= 4 is 23.5 Å². The summed E-state index contributed by atoms with van der Waals surface area (Å²) in [6, 6.07) is 8.65. The average Bonchev–Trinajstić information content (AvgIpc) is 2.50. The molecular weight excluding hydrogens is 312 g/mol. The second kappa shape index (κ2) is 6.31. The quantitative estimate of drug-likeness (QED) is 0.823. The molecule has 0 spiro atoms. The number of hydrogen-bond donors (Lipinski definition) is 2. The van der Waals surface area contributed by atoms with E-state index < -0.39 is 29.2 Å². The molecule has 0 bridgehead atoms. The van der Waals surface area contributed by atoms with Crippen LogP contribution < -0.4 is 0 Å². The van der Waals surface area contributed by atoms with Crippen LogP contribution in [-0.4, -0.2) is 28.1 Å². The minimum absolute atomic E-state index is 0.104. The predicted octanol–water partition coefficient (Wildman–Crippen LogP) is 2.71. The van der Waals surface area contributed by atoms with Crippen molar-refractivity contribution in [2.75, 3.05) is 0 Å². The van der Waals surface area contributed by atoms with Crippen LogP contribution in [0.3, 0.4) is 0 Å². The third-order valence-corrected chi connectivity index (χ3v) is 4.29. The van der Waals surface area contributed by atoms with E-state index in [4.69, 9.17) is 4.74 Å². The van der Waals surface area contributed by atoms with Crippen molar-refractivity contribution in [2.24, 2.45) is 11.3 Å². The number of carboxylic acids is 2. The Balaban J connectivity index is 2.79. The Morgan fingerprint density at radius 3 is 2.17 bits per heavy atom. The van der Waals surface area contributed by atoms with Crippen molar-refractivity contribution in [3.63, 3.8) is 0 Å². The third-order valence-electron chi connectivity index (χ3n) is 4.29. The molecule has 2 N–H and O–H groups in total. The van der Waals surface area contributed by atoms with Gasteiger partial charge in [0.25, 0.3) is 0 Å². The first-order valence-electron chi connectivity index (χ1n) is 7.36. The van der Waals surface area contributed by atoms with E-state index in [1.807, 2.05) is 0 Å². The first-order valence-corrected chi connectivity index (χ1v) is 7.36. The van der Waals surface area contributed by atoms with Gasteiger partial charge in [-0.15, -0.1) is 0 Å². The molecule has 2 rings (SSSR count). The SMILES string of the molecule is CC(=O)OC1=C(C(=O)O)C(C)C(C)(C(=O)O)C=C1c1ccccc1. The number of aliphatic carboxylic acids is 2. The van der Waals surface area contributed by atoms with Crippen LogP contribution in [0, 0.1) is 11.3 Å². The Labute approximate surface area is 139 Å². The fourth-order valence-electron chi connectivity index (χ4n) is 2.75. The smallest absolute Gasteiger partial charge is 0.335 e. The number of rotatable bonds is 4. The standard InChI is InChI=1S/C18H18O6/c1-10-14(16(20)21)15(24-11(2)19)13(9-18(10,3)17(22)23)12-7-5-4-6-8-12/h4-10H,1-3H3,(H,20,21)(H,22,23). The molecule has 1 aromatic carbocycles. The molecule has 24 heavy (non-hydrogen) atoms. The van der Waals surface area contributed by atoms with Crippen LogP contribution in [0.25, 0.3) is 5.57 Å². The highest BCUT2D eigenvalue weighted by atomic mass is 16.5. The van der Waals surface area contributed by atoms with E-state index in [1.165, 1.54) is 26.8 Å². The van der Waals surface area contributed by atoms with Crippen LogP contribution in [0.4, 0.5) is 0 Å². The molecule has 0 heterocycles. The number of benzene rings is 1. The molecule has 0 saturated carbocycles. The van der Waals surface area contributed by atoms with Gasteiger partial charge >= 0.3 is 17.9 Å². The van der Waals surface area contributed by atoms with Crippen LogP contribution in [0.15, 0.2) is 47.7 Å². The van der Waals surface area contributed by atoms with Crippen LogP contribution in [0.5, 0.6) is 0 Å². The molecule has 2 unspecified atom stereocenters. The monoisotopic (exact) mass is 330 g/mol. The zero-order valence-corrected chi connectivity index (χ0v) is 13.6. The summed E-state index contributed by atoms with van der Waals surface area (Å²) in [7, 11) is 0. The number of ether oxygens (including phenoxy) is 1. The second-order valence-electron chi connectivity index (χ2n) is 5.88. The van der Waals surface area contributed by atoms with Crippen molar-refractivity contribution in [3.8, 4) is 0 Å².